The van der Waals surface area contributed by atoms with Crippen LogP contribution < -0.4 is 20.7 Å². The van der Waals surface area contributed by atoms with Crippen molar-refractivity contribution < 1.29 is 18.0 Å². The van der Waals surface area contributed by atoms with E-state index in [1.807, 2.05) is 13.8 Å². The van der Waals surface area contributed by atoms with Crippen LogP contribution in [0, 0.1) is 0 Å². The van der Waals surface area contributed by atoms with Crippen molar-refractivity contribution in [1.82, 2.24) is 15.4 Å². The zero-order valence-electron chi connectivity index (χ0n) is 17.5. The van der Waals surface area contributed by atoms with Crippen molar-refractivity contribution >= 4 is 50.9 Å². The van der Waals surface area contributed by atoms with Crippen molar-refractivity contribution in [3.63, 3.8) is 0 Å². The number of carbonyl (C=O) groups is 2. The van der Waals surface area contributed by atoms with Crippen molar-refractivity contribution in [3.05, 3.63) is 57.6 Å². The SMILES string of the molecule is CC(C)NC(=O)Nc1ccc(CNC(=O)c2cc(S(=O)(=O)NC3CC3)c(Cl)cc2Cl)cc1. The highest BCUT2D eigenvalue weighted by molar-refractivity contribution is 7.89. The fourth-order valence-corrected chi connectivity index (χ4v) is 4.97. The van der Waals surface area contributed by atoms with Gasteiger partial charge in [-0.1, -0.05) is 35.3 Å². The van der Waals surface area contributed by atoms with Crippen molar-refractivity contribution in [2.24, 2.45) is 0 Å². The maximum atomic E-state index is 12.7. The molecule has 4 N–H and O–H groups in total. The molecular formula is C21H24Cl2N4O4S. The molecule has 0 saturated heterocycles. The molecule has 1 saturated carbocycles. The number of rotatable bonds is 8. The van der Waals surface area contributed by atoms with E-state index in [1.165, 1.54) is 12.1 Å². The van der Waals surface area contributed by atoms with E-state index >= 15 is 0 Å². The van der Waals surface area contributed by atoms with Crippen LogP contribution in [0.2, 0.25) is 10.0 Å². The molecule has 1 fully saturated rings. The summed E-state index contributed by atoms with van der Waals surface area (Å²) in [5.41, 5.74) is 1.40. The molecule has 11 heteroatoms. The highest BCUT2D eigenvalue weighted by Gasteiger charge is 2.30. The molecule has 0 radical (unpaired) electrons. The predicted octanol–water partition coefficient (Wildman–Crippen LogP) is 3.89. The Kier molecular flexibility index (Phi) is 7.66. The lowest BCUT2D eigenvalue weighted by Crippen LogP contribution is -2.34. The van der Waals surface area contributed by atoms with Crippen LogP contribution in [0.25, 0.3) is 0 Å². The number of carbonyl (C=O) groups excluding carboxylic acids is 2. The van der Waals surface area contributed by atoms with Crippen LogP contribution >= 0.6 is 23.2 Å². The molecule has 8 nitrogen and oxygen atoms in total. The molecule has 32 heavy (non-hydrogen) atoms. The first-order valence-corrected chi connectivity index (χ1v) is 12.2. The Balaban J connectivity index is 1.65. The summed E-state index contributed by atoms with van der Waals surface area (Å²) >= 11 is 12.2. The van der Waals surface area contributed by atoms with Gasteiger partial charge in [-0.05, 0) is 56.5 Å². The number of amides is 3. The average Bonchev–Trinajstić information content (AvgIpc) is 3.49. The fraction of sp³-hybridized carbons (Fsp3) is 0.333. The third-order valence-corrected chi connectivity index (χ3v) is 6.84. The third kappa shape index (κ3) is 6.59. The van der Waals surface area contributed by atoms with Crippen molar-refractivity contribution in [2.75, 3.05) is 5.32 Å². The van der Waals surface area contributed by atoms with Crippen molar-refractivity contribution in [3.8, 4) is 0 Å². The van der Waals surface area contributed by atoms with Gasteiger partial charge in [-0.25, -0.2) is 17.9 Å². The molecule has 0 aromatic heterocycles. The minimum atomic E-state index is -3.85. The number of anilines is 1. The Morgan fingerprint density at radius 2 is 1.72 bits per heavy atom. The summed E-state index contributed by atoms with van der Waals surface area (Å²) in [5, 5.41) is 8.15. The average molecular weight is 499 g/mol. The van der Waals surface area contributed by atoms with Crippen LogP contribution in [0.15, 0.2) is 41.3 Å². The first kappa shape index (κ1) is 24.3. The molecule has 3 rings (SSSR count). The zero-order valence-corrected chi connectivity index (χ0v) is 19.9. The van der Waals surface area contributed by atoms with Gasteiger partial charge in [0.05, 0.1) is 15.6 Å². The minimum Gasteiger partial charge on any atom is -0.348 e. The van der Waals surface area contributed by atoms with E-state index < -0.39 is 15.9 Å². The summed E-state index contributed by atoms with van der Waals surface area (Å²) in [6.07, 6.45) is 1.54. The van der Waals surface area contributed by atoms with Gasteiger partial charge in [0.2, 0.25) is 10.0 Å². The maximum absolute atomic E-state index is 12.7. The van der Waals surface area contributed by atoms with Crippen LogP contribution in [0.4, 0.5) is 10.5 Å². The van der Waals surface area contributed by atoms with E-state index in [2.05, 4.69) is 20.7 Å². The summed E-state index contributed by atoms with van der Waals surface area (Å²) in [6.45, 7) is 3.90. The van der Waals surface area contributed by atoms with Gasteiger partial charge >= 0.3 is 6.03 Å². The second-order valence-corrected chi connectivity index (χ2v) is 10.3. The Hall–Kier alpha value is -2.33. The van der Waals surface area contributed by atoms with E-state index in [9.17, 15) is 18.0 Å². The second kappa shape index (κ2) is 10.1. The van der Waals surface area contributed by atoms with E-state index in [-0.39, 0.29) is 45.2 Å². The van der Waals surface area contributed by atoms with Gasteiger partial charge in [-0.3, -0.25) is 4.79 Å². The predicted molar refractivity (Wildman–Crippen MR) is 125 cm³/mol. The largest absolute Gasteiger partial charge is 0.348 e. The highest BCUT2D eigenvalue weighted by Crippen LogP contribution is 2.30. The molecule has 172 valence electrons. The van der Waals surface area contributed by atoms with Crippen molar-refractivity contribution in [1.29, 1.82) is 0 Å². The summed E-state index contributed by atoms with van der Waals surface area (Å²) in [6, 6.07) is 8.99. The molecule has 0 aliphatic heterocycles. The number of urea groups is 1. The smallest absolute Gasteiger partial charge is 0.319 e. The molecule has 1 aliphatic rings. The van der Waals surface area contributed by atoms with Crippen molar-refractivity contribution in [2.45, 2.75) is 50.2 Å². The first-order valence-electron chi connectivity index (χ1n) is 10.0. The van der Waals surface area contributed by atoms with Gasteiger partial charge in [0.15, 0.2) is 0 Å². The number of nitrogens with one attached hydrogen (secondary N) is 4. The van der Waals surface area contributed by atoms with Crippen LogP contribution in [0.3, 0.4) is 0 Å². The Labute approximate surface area is 197 Å². The van der Waals surface area contributed by atoms with Crippen LogP contribution in [0.5, 0.6) is 0 Å². The summed E-state index contributed by atoms with van der Waals surface area (Å²) in [5.74, 6) is -0.534. The quantitative estimate of drug-likeness (QED) is 0.441. The highest BCUT2D eigenvalue weighted by atomic mass is 35.5. The summed E-state index contributed by atoms with van der Waals surface area (Å²) in [4.78, 5) is 24.2. The summed E-state index contributed by atoms with van der Waals surface area (Å²) in [7, 11) is -3.85. The van der Waals surface area contributed by atoms with Gasteiger partial charge in [-0.15, -0.1) is 0 Å². The monoisotopic (exact) mass is 498 g/mol. The zero-order chi connectivity index (χ0) is 23.5. The normalized spacial score (nSPS) is 13.7. The summed E-state index contributed by atoms with van der Waals surface area (Å²) < 4.78 is 27.6. The molecule has 0 unspecified atom stereocenters. The number of sulfonamides is 1. The standard InChI is InChI=1S/C21H24Cl2N4O4S/c1-12(2)25-21(29)26-14-5-3-13(4-6-14)11-24-20(28)16-9-19(18(23)10-17(16)22)32(30,31)27-15-7-8-15/h3-6,9-10,12,15,27H,7-8,11H2,1-2H3,(H,24,28)(H2,25,26,29). The lowest BCUT2D eigenvalue weighted by Gasteiger charge is -2.12. The molecular weight excluding hydrogens is 475 g/mol. The Morgan fingerprint density at radius 1 is 1.06 bits per heavy atom. The molecule has 0 bridgehead atoms. The Bertz CT molecular complexity index is 1120. The van der Waals surface area contributed by atoms with E-state index in [4.69, 9.17) is 23.2 Å². The number of hydrogen-bond donors (Lipinski definition) is 4. The third-order valence-electron chi connectivity index (χ3n) is 4.54. The number of benzene rings is 2. The molecule has 1 aliphatic carbocycles. The molecule has 2 aromatic rings. The molecule has 0 atom stereocenters. The van der Waals surface area contributed by atoms with E-state index in [0.717, 1.165) is 18.4 Å². The van der Waals surface area contributed by atoms with E-state index in [0.29, 0.717) is 5.69 Å². The van der Waals surface area contributed by atoms with Gasteiger partial charge < -0.3 is 16.0 Å². The van der Waals surface area contributed by atoms with Gasteiger partial charge in [0.25, 0.3) is 5.91 Å². The van der Waals surface area contributed by atoms with Crippen LogP contribution in [0.1, 0.15) is 42.6 Å². The topological polar surface area (TPSA) is 116 Å². The van der Waals surface area contributed by atoms with Crippen LogP contribution in [-0.2, 0) is 16.6 Å². The van der Waals surface area contributed by atoms with Gasteiger partial charge in [-0.2, -0.15) is 0 Å². The Morgan fingerprint density at radius 3 is 2.31 bits per heavy atom. The van der Waals surface area contributed by atoms with Crippen LogP contribution in [-0.4, -0.2) is 32.4 Å². The number of hydrogen-bond acceptors (Lipinski definition) is 4. The molecule has 2 aromatic carbocycles. The van der Waals surface area contributed by atoms with Gasteiger partial charge in [0.1, 0.15) is 4.90 Å². The van der Waals surface area contributed by atoms with E-state index in [1.54, 1.807) is 24.3 Å². The first-order chi connectivity index (χ1) is 15.0. The second-order valence-electron chi connectivity index (χ2n) is 7.79. The van der Waals surface area contributed by atoms with Gasteiger partial charge in [0, 0.05) is 24.3 Å². The molecule has 0 heterocycles. The minimum absolute atomic E-state index is 0.0101. The number of halogens is 2. The maximum Gasteiger partial charge on any atom is 0.319 e. The fourth-order valence-electron chi connectivity index (χ4n) is 2.81. The lowest BCUT2D eigenvalue weighted by molar-refractivity contribution is 0.0951. The lowest BCUT2D eigenvalue weighted by atomic mass is 10.1. The molecule has 0 spiro atoms. The molecule has 3 amide bonds.